The van der Waals surface area contributed by atoms with Gasteiger partial charge in [0.2, 0.25) is 11.7 Å². The molecule has 0 unspecified atom stereocenters. The van der Waals surface area contributed by atoms with E-state index >= 15 is 0 Å². The minimum Gasteiger partial charge on any atom is -0.484 e. The van der Waals surface area contributed by atoms with Crippen LogP contribution in [0.15, 0.2) is 16.7 Å². The van der Waals surface area contributed by atoms with E-state index in [1.165, 1.54) is 12.8 Å². The number of rotatable bonds is 7. The van der Waals surface area contributed by atoms with Gasteiger partial charge in [0.25, 0.3) is 0 Å². The summed E-state index contributed by atoms with van der Waals surface area (Å²) in [5.74, 6) is 1.97. The first-order valence-corrected chi connectivity index (χ1v) is 7.38. The van der Waals surface area contributed by atoms with Crippen LogP contribution in [0, 0.1) is 6.92 Å². The van der Waals surface area contributed by atoms with Crippen LogP contribution in [0.3, 0.4) is 0 Å². The van der Waals surface area contributed by atoms with Crippen LogP contribution in [0.25, 0.3) is 0 Å². The maximum absolute atomic E-state index is 5.80. The number of ether oxygens (including phenoxy) is 1. The van der Waals surface area contributed by atoms with Crippen molar-refractivity contribution >= 4 is 0 Å². The Morgan fingerprint density at radius 2 is 2.19 bits per heavy atom. The van der Waals surface area contributed by atoms with E-state index in [0.717, 1.165) is 30.1 Å². The number of nitrogens with one attached hydrogen (secondary N) is 1. The van der Waals surface area contributed by atoms with Crippen LogP contribution in [0.5, 0.6) is 5.75 Å². The smallest absolute Gasteiger partial charge is 0.226 e. The van der Waals surface area contributed by atoms with Gasteiger partial charge in [-0.2, -0.15) is 4.98 Å². The summed E-state index contributed by atoms with van der Waals surface area (Å²) in [5.41, 5.74) is 1.92. The molecule has 0 bridgehead atoms. The molecule has 1 aliphatic rings. The van der Waals surface area contributed by atoms with Crippen molar-refractivity contribution in [1.82, 2.24) is 20.4 Å². The monoisotopic (exact) mass is 288 g/mol. The quantitative estimate of drug-likeness (QED) is 0.841. The topological polar surface area (TPSA) is 73.1 Å². The average Bonchev–Trinajstić information content (AvgIpc) is 3.21. The van der Waals surface area contributed by atoms with Gasteiger partial charge in [0.15, 0.2) is 6.61 Å². The number of hydrogen-bond donors (Lipinski definition) is 1. The first-order valence-electron chi connectivity index (χ1n) is 7.38. The molecular formula is C15H20N4O2. The highest BCUT2D eigenvalue weighted by molar-refractivity contribution is 5.29. The summed E-state index contributed by atoms with van der Waals surface area (Å²) >= 11 is 0. The molecule has 0 saturated heterocycles. The second-order valence-electron chi connectivity index (χ2n) is 5.30. The zero-order valence-corrected chi connectivity index (χ0v) is 12.4. The highest BCUT2D eigenvalue weighted by Crippen LogP contribution is 2.22. The number of aromatic nitrogens is 3. The minimum absolute atomic E-state index is 0.296. The van der Waals surface area contributed by atoms with Crippen LogP contribution in [0.4, 0.5) is 0 Å². The Kier molecular flexibility index (Phi) is 4.15. The van der Waals surface area contributed by atoms with Crippen molar-refractivity contribution in [3.8, 4) is 5.75 Å². The SMILES string of the molecule is CCc1nc(COc2ccc(C)nc2CNC2CC2)no1. The molecule has 21 heavy (non-hydrogen) atoms. The van der Waals surface area contributed by atoms with Gasteiger partial charge >= 0.3 is 0 Å². The second kappa shape index (κ2) is 6.22. The van der Waals surface area contributed by atoms with E-state index in [0.29, 0.717) is 24.4 Å². The first-order chi connectivity index (χ1) is 10.2. The molecule has 2 aromatic heterocycles. The molecule has 2 aromatic rings. The predicted octanol–water partition coefficient (Wildman–Crippen LogP) is 2.17. The number of hydrogen-bond acceptors (Lipinski definition) is 6. The summed E-state index contributed by atoms with van der Waals surface area (Å²) in [5, 5.41) is 7.35. The first kappa shape index (κ1) is 14.0. The molecule has 0 radical (unpaired) electrons. The van der Waals surface area contributed by atoms with Gasteiger partial charge in [-0.1, -0.05) is 12.1 Å². The molecule has 2 heterocycles. The summed E-state index contributed by atoms with van der Waals surface area (Å²) in [6, 6.07) is 4.54. The Hall–Kier alpha value is -1.95. The summed E-state index contributed by atoms with van der Waals surface area (Å²) in [4.78, 5) is 8.79. The lowest BCUT2D eigenvalue weighted by atomic mass is 10.3. The predicted molar refractivity (Wildman–Crippen MR) is 76.8 cm³/mol. The molecule has 1 aliphatic carbocycles. The summed E-state index contributed by atoms with van der Waals surface area (Å²) in [6.45, 7) is 4.99. The Labute approximate surface area is 123 Å². The number of aryl methyl sites for hydroxylation is 2. The molecule has 3 rings (SSSR count). The van der Waals surface area contributed by atoms with Crippen molar-refractivity contribution in [1.29, 1.82) is 0 Å². The largest absolute Gasteiger partial charge is 0.484 e. The second-order valence-corrected chi connectivity index (χ2v) is 5.30. The Bertz CT molecular complexity index is 607. The zero-order chi connectivity index (χ0) is 14.7. The Balaban J connectivity index is 1.65. The van der Waals surface area contributed by atoms with Crippen LogP contribution in [-0.4, -0.2) is 21.2 Å². The molecule has 0 spiro atoms. The summed E-state index contributed by atoms with van der Waals surface area (Å²) < 4.78 is 10.9. The fourth-order valence-corrected chi connectivity index (χ4v) is 2.02. The average molecular weight is 288 g/mol. The minimum atomic E-state index is 0.296. The van der Waals surface area contributed by atoms with E-state index in [-0.39, 0.29) is 0 Å². The molecule has 112 valence electrons. The highest BCUT2D eigenvalue weighted by Gasteiger charge is 2.21. The third-order valence-corrected chi connectivity index (χ3v) is 3.38. The van der Waals surface area contributed by atoms with Crippen molar-refractivity contribution < 1.29 is 9.26 Å². The lowest BCUT2D eigenvalue weighted by molar-refractivity contribution is 0.280. The maximum Gasteiger partial charge on any atom is 0.226 e. The van der Waals surface area contributed by atoms with Gasteiger partial charge in [0.05, 0.1) is 5.69 Å². The zero-order valence-electron chi connectivity index (χ0n) is 12.4. The Morgan fingerprint density at radius 1 is 1.33 bits per heavy atom. The van der Waals surface area contributed by atoms with Gasteiger partial charge in [-0.05, 0) is 31.9 Å². The third-order valence-electron chi connectivity index (χ3n) is 3.38. The van der Waals surface area contributed by atoms with Gasteiger partial charge in [-0.3, -0.25) is 4.98 Å². The van der Waals surface area contributed by atoms with Crippen molar-refractivity contribution in [2.24, 2.45) is 0 Å². The Morgan fingerprint density at radius 3 is 2.90 bits per heavy atom. The van der Waals surface area contributed by atoms with E-state index < -0.39 is 0 Å². The number of pyridine rings is 1. The van der Waals surface area contributed by atoms with Crippen molar-refractivity contribution in [3.63, 3.8) is 0 Å². The van der Waals surface area contributed by atoms with Crippen molar-refractivity contribution in [2.75, 3.05) is 0 Å². The van der Waals surface area contributed by atoms with Crippen LogP contribution in [0.1, 0.15) is 42.9 Å². The van der Waals surface area contributed by atoms with Crippen LogP contribution in [0.2, 0.25) is 0 Å². The van der Waals surface area contributed by atoms with Gasteiger partial charge in [0, 0.05) is 24.7 Å². The lowest BCUT2D eigenvalue weighted by Gasteiger charge is -2.10. The fraction of sp³-hybridized carbons (Fsp3) is 0.533. The molecule has 1 saturated carbocycles. The molecule has 6 heteroatoms. The van der Waals surface area contributed by atoms with Gasteiger partial charge in [-0.15, -0.1) is 0 Å². The lowest BCUT2D eigenvalue weighted by Crippen LogP contribution is -2.17. The van der Waals surface area contributed by atoms with Crippen LogP contribution < -0.4 is 10.1 Å². The molecule has 0 atom stereocenters. The van der Waals surface area contributed by atoms with Gasteiger partial charge < -0.3 is 14.6 Å². The van der Waals surface area contributed by atoms with E-state index in [1.54, 1.807) is 0 Å². The molecule has 1 N–H and O–H groups in total. The maximum atomic E-state index is 5.80. The summed E-state index contributed by atoms with van der Waals surface area (Å²) in [6.07, 6.45) is 3.24. The van der Waals surface area contributed by atoms with Gasteiger partial charge in [0.1, 0.15) is 5.75 Å². The fourth-order valence-electron chi connectivity index (χ4n) is 2.02. The van der Waals surface area contributed by atoms with Crippen LogP contribution in [-0.2, 0) is 19.6 Å². The standard InChI is InChI=1S/C15H20N4O2/c1-3-15-18-14(19-21-15)9-20-13-7-4-10(2)17-12(13)8-16-11-5-6-11/h4,7,11,16H,3,5-6,8-9H2,1-2H3. The van der Waals surface area contributed by atoms with Crippen LogP contribution >= 0.6 is 0 Å². The third kappa shape index (κ3) is 3.78. The molecule has 1 fully saturated rings. The summed E-state index contributed by atoms with van der Waals surface area (Å²) in [7, 11) is 0. The van der Waals surface area contributed by atoms with E-state index in [9.17, 15) is 0 Å². The highest BCUT2D eigenvalue weighted by atomic mass is 16.5. The molecular weight excluding hydrogens is 268 g/mol. The molecule has 0 aliphatic heterocycles. The molecule has 0 amide bonds. The van der Waals surface area contributed by atoms with Crippen molar-refractivity contribution in [3.05, 3.63) is 35.2 Å². The van der Waals surface area contributed by atoms with Gasteiger partial charge in [-0.25, -0.2) is 0 Å². The van der Waals surface area contributed by atoms with Crippen molar-refractivity contribution in [2.45, 2.75) is 52.3 Å². The van der Waals surface area contributed by atoms with E-state index in [4.69, 9.17) is 9.26 Å². The normalized spacial score (nSPS) is 14.4. The molecule has 6 nitrogen and oxygen atoms in total. The number of nitrogens with zero attached hydrogens (tertiary/aromatic N) is 3. The van der Waals surface area contributed by atoms with E-state index in [2.05, 4.69) is 20.4 Å². The molecule has 0 aromatic carbocycles. The van der Waals surface area contributed by atoms with E-state index in [1.807, 2.05) is 26.0 Å².